The molecule has 0 saturated heterocycles. The number of amides is 1. The molecule has 0 aliphatic heterocycles. The van der Waals surface area contributed by atoms with Gasteiger partial charge in [-0.05, 0) is 24.6 Å². The molecule has 1 aromatic carbocycles. The predicted octanol–water partition coefficient (Wildman–Crippen LogP) is 2.82. The van der Waals surface area contributed by atoms with Gasteiger partial charge in [0.2, 0.25) is 0 Å². The molecule has 0 bridgehead atoms. The third kappa shape index (κ3) is 3.82. The Bertz CT molecular complexity index is 707. The van der Waals surface area contributed by atoms with E-state index in [4.69, 9.17) is 5.73 Å². The maximum absolute atomic E-state index is 12.4. The van der Waals surface area contributed by atoms with E-state index in [1.165, 1.54) is 18.3 Å². The number of rotatable bonds is 3. The molecule has 2 rings (SSSR count). The number of nitrogens with two attached hydrogens (primary N) is 1. The fourth-order valence-electron chi connectivity index (χ4n) is 1.60. The lowest BCUT2D eigenvalue weighted by molar-refractivity contribution is -0.137. The number of aryl methyl sites for hydroxylation is 1. The summed E-state index contributed by atoms with van der Waals surface area (Å²) in [4.78, 5) is 16.0. The van der Waals surface area contributed by atoms with Crippen LogP contribution < -0.4 is 11.2 Å². The van der Waals surface area contributed by atoms with Gasteiger partial charge < -0.3 is 5.73 Å². The number of halogens is 3. The van der Waals surface area contributed by atoms with Gasteiger partial charge in [-0.3, -0.25) is 4.79 Å². The molecule has 116 valence electrons. The Kier molecular flexibility index (Phi) is 4.45. The van der Waals surface area contributed by atoms with E-state index < -0.39 is 17.6 Å². The normalized spacial score (nSPS) is 11.8. The lowest BCUT2D eigenvalue weighted by Crippen LogP contribution is -2.17. The van der Waals surface area contributed by atoms with Crippen LogP contribution in [0.4, 0.5) is 18.3 Å². The van der Waals surface area contributed by atoms with Gasteiger partial charge in [0.15, 0.2) is 5.13 Å². The summed E-state index contributed by atoms with van der Waals surface area (Å²) in [5, 5.41) is 3.96. The molecule has 1 aromatic heterocycles. The fourth-order valence-corrected chi connectivity index (χ4v) is 2.33. The number of nitrogen functional groups attached to an aromatic ring is 1. The smallest absolute Gasteiger partial charge is 0.375 e. The maximum atomic E-state index is 12.4. The van der Waals surface area contributed by atoms with Crippen molar-refractivity contribution in [3.8, 4) is 0 Å². The summed E-state index contributed by atoms with van der Waals surface area (Å²) in [6, 6.07) is 4.40. The van der Waals surface area contributed by atoms with E-state index in [0.29, 0.717) is 16.1 Å². The number of thiazole rings is 1. The topological polar surface area (TPSA) is 80.4 Å². The number of carbonyl (C=O) groups is 1. The molecule has 0 spiro atoms. The highest BCUT2D eigenvalue weighted by atomic mass is 32.1. The molecule has 1 heterocycles. The average Bonchev–Trinajstić information content (AvgIpc) is 2.77. The number of hydrazone groups is 1. The molecule has 0 aliphatic carbocycles. The summed E-state index contributed by atoms with van der Waals surface area (Å²) < 4.78 is 37.2. The summed E-state index contributed by atoms with van der Waals surface area (Å²) in [7, 11) is 0. The second-order valence-electron chi connectivity index (χ2n) is 4.29. The van der Waals surface area contributed by atoms with Crippen molar-refractivity contribution in [3.63, 3.8) is 0 Å². The Balaban J connectivity index is 2.01. The number of benzene rings is 1. The summed E-state index contributed by atoms with van der Waals surface area (Å²) in [5.74, 6) is -0.477. The zero-order valence-electron chi connectivity index (χ0n) is 11.3. The van der Waals surface area contributed by atoms with Gasteiger partial charge in [-0.2, -0.15) is 18.3 Å². The Labute approximate surface area is 127 Å². The molecule has 0 radical (unpaired) electrons. The first-order chi connectivity index (χ1) is 10.3. The van der Waals surface area contributed by atoms with E-state index in [9.17, 15) is 18.0 Å². The Morgan fingerprint density at radius 2 is 2.00 bits per heavy atom. The van der Waals surface area contributed by atoms with Gasteiger partial charge in [-0.1, -0.05) is 23.5 Å². The highest BCUT2D eigenvalue weighted by Crippen LogP contribution is 2.28. The quantitative estimate of drug-likeness (QED) is 0.671. The first-order valence-electron chi connectivity index (χ1n) is 6.01. The second-order valence-corrected chi connectivity index (χ2v) is 5.32. The van der Waals surface area contributed by atoms with E-state index in [-0.39, 0.29) is 5.13 Å². The summed E-state index contributed by atoms with van der Waals surface area (Å²) in [5.41, 5.74) is 7.92. The van der Waals surface area contributed by atoms with Crippen molar-refractivity contribution in [1.29, 1.82) is 0 Å². The first-order valence-corrected chi connectivity index (χ1v) is 6.82. The van der Waals surface area contributed by atoms with Gasteiger partial charge in [0.25, 0.3) is 5.91 Å². The van der Waals surface area contributed by atoms with E-state index in [1.807, 2.05) is 0 Å². The van der Waals surface area contributed by atoms with Crippen LogP contribution in [0.15, 0.2) is 29.4 Å². The molecule has 22 heavy (non-hydrogen) atoms. The molecular weight excluding hydrogens is 317 g/mol. The number of anilines is 1. The van der Waals surface area contributed by atoms with Crippen molar-refractivity contribution in [1.82, 2.24) is 10.4 Å². The predicted molar refractivity (Wildman–Crippen MR) is 77.8 cm³/mol. The molecule has 9 heteroatoms. The van der Waals surface area contributed by atoms with Gasteiger partial charge in [-0.25, -0.2) is 10.4 Å². The van der Waals surface area contributed by atoms with Crippen molar-refractivity contribution < 1.29 is 18.0 Å². The average molecular weight is 328 g/mol. The van der Waals surface area contributed by atoms with Crippen LogP contribution in [0, 0.1) is 6.92 Å². The minimum absolute atomic E-state index is 0.273. The van der Waals surface area contributed by atoms with Crippen molar-refractivity contribution in [2.45, 2.75) is 13.1 Å². The number of nitrogens with one attached hydrogen (secondary N) is 1. The van der Waals surface area contributed by atoms with Crippen molar-refractivity contribution in [3.05, 3.63) is 46.0 Å². The number of nitrogens with zero attached hydrogens (tertiary/aromatic N) is 2. The highest BCUT2D eigenvalue weighted by Gasteiger charge is 2.29. The second kappa shape index (κ2) is 6.14. The monoisotopic (exact) mass is 328 g/mol. The molecule has 0 unspecified atom stereocenters. The van der Waals surface area contributed by atoms with Crippen molar-refractivity contribution in [2.24, 2.45) is 5.10 Å². The first kappa shape index (κ1) is 16.0. The molecule has 1 amide bonds. The van der Waals surface area contributed by atoms with Crippen LogP contribution in [0.1, 0.15) is 26.5 Å². The van der Waals surface area contributed by atoms with Gasteiger partial charge in [0, 0.05) is 0 Å². The van der Waals surface area contributed by atoms with Crippen molar-refractivity contribution >= 4 is 28.6 Å². The van der Waals surface area contributed by atoms with Crippen LogP contribution in [0.5, 0.6) is 0 Å². The number of hydrogen-bond acceptors (Lipinski definition) is 5. The standard InChI is InChI=1S/C13H11F3N4OS/c1-7-10(22-12(17)19-7)11(21)20-18-6-8-2-4-9(5-3-8)13(14,15)16/h2-6H,1H3,(H2,17,19)(H,20,21). The zero-order chi connectivity index (χ0) is 16.3. The van der Waals surface area contributed by atoms with Crippen LogP contribution in [-0.2, 0) is 6.18 Å². The number of carbonyl (C=O) groups excluding carboxylic acids is 1. The van der Waals surface area contributed by atoms with Gasteiger partial charge in [0.05, 0.1) is 17.5 Å². The molecule has 0 atom stereocenters. The molecule has 5 nitrogen and oxygen atoms in total. The maximum Gasteiger partial charge on any atom is 0.416 e. The van der Waals surface area contributed by atoms with Crippen LogP contribution >= 0.6 is 11.3 Å². The Hall–Kier alpha value is -2.42. The van der Waals surface area contributed by atoms with Crippen LogP contribution in [0.2, 0.25) is 0 Å². The highest BCUT2D eigenvalue weighted by molar-refractivity contribution is 7.17. The fraction of sp³-hybridized carbons (Fsp3) is 0.154. The zero-order valence-corrected chi connectivity index (χ0v) is 12.1. The van der Waals surface area contributed by atoms with Gasteiger partial charge in [-0.15, -0.1) is 0 Å². The summed E-state index contributed by atoms with van der Waals surface area (Å²) >= 11 is 1.03. The van der Waals surface area contributed by atoms with Gasteiger partial charge in [0.1, 0.15) is 4.88 Å². The third-order valence-corrected chi connectivity index (χ3v) is 3.62. The van der Waals surface area contributed by atoms with E-state index in [2.05, 4.69) is 15.5 Å². The molecule has 2 aromatic rings. The van der Waals surface area contributed by atoms with Crippen molar-refractivity contribution in [2.75, 3.05) is 5.73 Å². The van der Waals surface area contributed by atoms with Gasteiger partial charge >= 0.3 is 6.18 Å². The van der Waals surface area contributed by atoms with E-state index in [1.54, 1.807) is 6.92 Å². The Morgan fingerprint density at radius 3 is 2.50 bits per heavy atom. The lowest BCUT2D eigenvalue weighted by Gasteiger charge is -2.05. The van der Waals surface area contributed by atoms with Crippen LogP contribution in [0.25, 0.3) is 0 Å². The number of alkyl halides is 3. The Morgan fingerprint density at radius 1 is 1.36 bits per heavy atom. The lowest BCUT2D eigenvalue weighted by atomic mass is 10.1. The molecule has 3 N–H and O–H groups in total. The molecular formula is C13H11F3N4OS. The van der Waals surface area contributed by atoms with Crippen LogP contribution in [0.3, 0.4) is 0 Å². The minimum atomic E-state index is -4.38. The van der Waals surface area contributed by atoms with Crippen LogP contribution in [-0.4, -0.2) is 17.1 Å². The summed E-state index contributed by atoms with van der Waals surface area (Å²) in [6.07, 6.45) is -3.13. The number of hydrogen-bond donors (Lipinski definition) is 2. The van der Waals surface area contributed by atoms with E-state index in [0.717, 1.165) is 23.5 Å². The number of aromatic nitrogens is 1. The van der Waals surface area contributed by atoms with E-state index >= 15 is 0 Å². The summed E-state index contributed by atoms with van der Waals surface area (Å²) in [6.45, 7) is 1.64. The largest absolute Gasteiger partial charge is 0.416 e. The molecule has 0 fully saturated rings. The third-order valence-electron chi connectivity index (χ3n) is 2.64. The molecule has 0 saturated carbocycles. The minimum Gasteiger partial charge on any atom is -0.375 e. The SMILES string of the molecule is Cc1nc(N)sc1C(=O)NN=Cc1ccc(C(F)(F)F)cc1. The molecule has 0 aliphatic rings.